The Kier molecular flexibility index (Phi) is 11.6. The first-order valence-electron chi connectivity index (χ1n) is 13.5. The Balaban J connectivity index is 1.90. The molecule has 0 fully saturated rings. The molecule has 0 bridgehead atoms. The number of halogens is 2. The van der Waals surface area contributed by atoms with Crippen molar-refractivity contribution in [3.05, 3.63) is 99.5 Å². The number of sulfonamides is 1. The van der Waals surface area contributed by atoms with Gasteiger partial charge in [0, 0.05) is 32.0 Å². The number of carbonyl (C=O) groups excluding carboxylic acids is 2. The van der Waals surface area contributed by atoms with Crippen LogP contribution >= 0.6 is 23.2 Å². The Morgan fingerprint density at radius 2 is 1.61 bits per heavy atom. The van der Waals surface area contributed by atoms with Crippen molar-refractivity contribution in [2.75, 3.05) is 17.1 Å². The van der Waals surface area contributed by atoms with Crippen LogP contribution in [0.3, 0.4) is 0 Å². The molecule has 0 aliphatic heterocycles. The smallest absolute Gasteiger partial charge is 0.243 e. The van der Waals surface area contributed by atoms with E-state index in [2.05, 4.69) is 5.32 Å². The van der Waals surface area contributed by atoms with Gasteiger partial charge in [0.05, 0.1) is 22.0 Å². The lowest BCUT2D eigenvalue weighted by molar-refractivity contribution is -0.141. The third kappa shape index (κ3) is 9.76. The van der Waals surface area contributed by atoms with Crippen LogP contribution in [0.25, 0.3) is 0 Å². The first-order chi connectivity index (χ1) is 19.3. The van der Waals surface area contributed by atoms with Crippen LogP contribution in [-0.2, 0) is 32.6 Å². The molecule has 1 atom stereocenters. The molecule has 0 aliphatic rings. The third-order valence-corrected chi connectivity index (χ3v) is 8.41. The number of nitrogens with one attached hydrogen (secondary N) is 1. The molecule has 2 amide bonds. The van der Waals surface area contributed by atoms with Crippen molar-refractivity contribution in [1.29, 1.82) is 0 Å². The molecule has 0 radical (unpaired) electrons. The molecule has 3 aromatic carbocycles. The van der Waals surface area contributed by atoms with Gasteiger partial charge < -0.3 is 10.2 Å². The van der Waals surface area contributed by atoms with Crippen LogP contribution in [0.5, 0.6) is 0 Å². The Morgan fingerprint density at radius 3 is 2.22 bits per heavy atom. The molecule has 1 N–H and O–H groups in total. The Morgan fingerprint density at radius 1 is 0.902 bits per heavy atom. The molecule has 10 heteroatoms. The highest BCUT2D eigenvalue weighted by Gasteiger charge is 2.31. The van der Waals surface area contributed by atoms with Crippen molar-refractivity contribution < 1.29 is 18.0 Å². The quantitative estimate of drug-likeness (QED) is 0.254. The topological polar surface area (TPSA) is 86.8 Å². The van der Waals surface area contributed by atoms with Crippen LogP contribution in [0.15, 0.2) is 72.8 Å². The monoisotopic (exact) mass is 617 g/mol. The summed E-state index contributed by atoms with van der Waals surface area (Å²) in [6, 6.07) is 20.9. The summed E-state index contributed by atoms with van der Waals surface area (Å²) in [5.74, 6) is -0.539. The summed E-state index contributed by atoms with van der Waals surface area (Å²) in [6.07, 6.45) is 1.77. The Labute approximate surface area is 253 Å². The zero-order valence-corrected chi connectivity index (χ0v) is 26.1. The van der Waals surface area contributed by atoms with E-state index in [0.717, 1.165) is 22.9 Å². The highest BCUT2D eigenvalue weighted by molar-refractivity contribution is 7.92. The van der Waals surface area contributed by atoms with E-state index in [-0.39, 0.29) is 43.8 Å². The number of amides is 2. The van der Waals surface area contributed by atoms with Gasteiger partial charge in [0.2, 0.25) is 21.8 Å². The van der Waals surface area contributed by atoms with Crippen LogP contribution in [0.2, 0.25) is 10.0 Å². The average Bonchev–Trinajstić information content (AvgIpc) is 2.90. The number of hydrogen-bond acceptors (Lipinski definition) is 4. The van der Waals surface area contributed by atoms with Crippen molar-refractivity contribution in [2.24, 2.45) is 0 Å². The molecule has 0 spiro atoms. The summed E-state index contributed by atoms with van der Waals surface area (Å²) in [4.78, 5) is 28.9. The highest BCUT2D eigenvalue weighted by atomic mass is 35.5. The molecule has 220 valence electrons. The van der Waals surface area contributed by atoms with E-state index in [1.54, 1.807) is 41.3 Å². The maximum absolute atomic E-state index is 13.9. The fourth-order valence-electron chi connectivity index (χ4n) is 4.56. The van der Waals surface area contributed by atoms with Crippen LogP contribution in [0.4, 0.5) is 5.69 Å². The van der Waals surface area contributed by atoms with Crippen LogP contribution in [0, 0.1) is 6.92 Å². The standard InChI is InChI=1S/C31H37Cl2N3O4S/c1-22(2)34-31(38)29(20-24-11-6-5-7-12-24)35(21-25-15-16-27(32)28(33)19-25)30(37)14-9-17-36(41(4,39)40)26-13-8-10-23(3)18-26/h5-8,10-13,15-16,18-19,22,29H,9,14,17,20-21H2,1-4H3,(H,34,38). The Hall–Kier alpha value is -3.07. The fraction of sp³-hybridized carbons (Fsp3) is 0.355. The number of carbonyl (C=O) groups is 2. The molecule has 0 aliphatic carbocycles. The van der Waals surface area contributed by atoms with E-state index >= 15 is 0 Å². The summed E-state index contributed by atoms with van der Waals surface area (Å²) in [7, 11) is -3.58. The molecular weight excluding hydrogens is 581 g/mol. The molecule has 0 heterocycles. The van der Waals surface area contributed by atoms with Crippen molar-refractivity contribution in [2.45, 2.75) is 58.7 Å². The van der Waals surface area contributed by atoms with Crippen LogP contribution in [-0.4, -0.2) is 50.0 Å². The molecule has 3 rings (SSSR count). The molecule has 0 saturated carbocycles. The summed E-state index contributed by atoms with van der Waals surface area (Å²) in [5, 5.41) is 3.70. The molecule has 41 heavy (non-hydrogen) atoms. The first kappa shape index (κ1) is 32.4. The minimum atomic E-state index is -3.58. The van der Waals surface area contributed by atoms with Crippen molar-refractivity contribution in [1.82, 2.24) is 10.2 Å². The van der Waals surface area contributed by atoms with Crippen molar-refractivity contribution in [3.63, 3.8) is 0 Å². The molecule has 1 unspecified atom stereocenters. The largest absolute Gasteiger partial charge is 0.352 e. The maximum Gasteiger partial charge on any atom is 0.243 e. The van der Waals surface area contributed by atoms with Gasteiger partial charge in [-0.3, -0.25) is 13.9 Å². The van der Waals surface area contributed by atoms with Gasteiger partial charge in [-0.25, -0.2) is 8.42 Å². The van der Waals surface area contributed by atoms with E-state index < -0.39 is 16.1 Å². The van der Waals surface area contributed by atoms with E-state index in [1.165, 1.54) is 4.31 Å². The number of benzene rings is 3. The number of nitrogens with zero attached hydrogens (tertiary/aromatic N) is 2. The third-order valence-electron chi connectivity index (χ3n) is 6.48. The van der Waals surface area contributed by atoms with Gasteiger partial charge in [-0.05, 0) is 68.1 Å². The van der Waals surface area contributed by atoms with E-state index in [0.29, 0.717) is 22.2 Å². The predicted octanol–water partition coefficient (Wildman–Crippen LogP) is 6.01. The second-order valence-electron chi connectivity index (χ2n) is 10.4. The summed E-state index contributed by atoms with van der Waals surface area (Å²) < 4.78 is 26.5. The van der Waals surface area contributed by atoms with Gasteiger partial charge in [-0.2, -0.15) is 0 Å². The number of hydrogen-bond donors (Lipinski definition) is 1. The predicted molar refractivity (Wildman–Crippen MR) is 167 cm³/mol. The van der Waals surface area contributed by atoms with E-state index in [9.17, 15) is 18.0 Å². The number of aryl methyl sites for hydroxylation is 1. The Bertz CT molecular complexity index is 1450. The highest BCUT2D eigenvalue weighted by Crippen LogP contribution is 2.25. The second-order valence-corrected chi connectivity index (χ2v) is 13.1. The summed E-state index contributed by atoms with van der Waals surface area (Å²) in [6.45, 7) is 5.88. The zero-order chi connectivity index (χ0) is 30.2. The van der Waals surface area contributed by atoms with Gasteiger partial charge in [0.25, 0.3) is 0 Å². The zero-order valence-electron chi connectivity index (χ0n) is 23.8. The van der Waals surface area contributed by atoms with Crippen LogP contribution < -0.4 is 9.62 Å². The lowest BCUT2D eigenvalue weighted by atomic mass is 10.0. The number of rotatable bonds is 13. The molecule has 7 nitrogen and oxygen atoms in total. The molecule has 3 aromatic rings. The maximum atomic E-state index is 13.9. The SMILES string of the molecule is Cc1cccc(N(CCCC(=O)N(Cc2ccc(Cl)c(Cl)c2)C(Cc2ccccc2)C(=O)NC(C)C)S(C)(=O)=O)c1. The van der Waals surface area contributed by atoms with Gasteiger partial charge in [-0.15, -0.1) is 0 Å². The summed E-state index contributed by atoms with van der Waals surface area (Å²) >= 11 is 12.4. The van der Waals surface area contributed by atoms with Gasteiger partial charge in [-0.1, -0.05) is 71.7 Å². The fourth-order valence-corrected chi connectivity index (χ4v) is 5.83. The minimum Gasteiger partial charge on any atom is -0.352 e. The summed E-state index contributed by atoms with van der Waals surface area (Å²) in [5.41, 5.74) is 3.11. The first-order valence-corrected chi connectivity index (χ1v) is 16.1. The van der Waals surface area contributed by atoms with Crippen molar-refractivity contribution in [3.8, 4) is 0 Å². The molecule has 0 saturated heterocycles. The van der Waals surface area contributed by atoms with Gasteiger partial charge in [0.1, 0.15) is 6.04 Å². The average molecular weight is 619 g/mol. The lowest BCUT2D eigenvalue weighted by Gasteiger charge is -2.32. The molecule has 0 aromatic heterocycles. The molecular formula is C31H37Cl2N3O4S. The van der Waals surface area contributed by atoms with Gasteiger partial charge in [0.15, 0.2) is 0 Å². The van der Waals surface area contributed by atoms with Gasteiger partial charge >= 0.3 is 0 Å². The normalized spacial score (nSPS) is 12.2. The van der Waals surface area contributed by atoms with Crippen molar-refractivity contribution >= 4 is 50.7 Å². The lowest BCUT2D eigenvalue weighted by Crippen LogP contribution is -2.51. The van der Waals surface area contributed by atoms with E-state index in [1.807, 2.05) is 57.2 Å². The van der Waals surface area contributed by atoms with Crippen LogP contribution in [0.1, 0.15) is 43.4 Å². The second kappa shape index (κ2) is 14.7. The van der Waals surface area contributed by atoms with E-state index in [4.69, 9.17) is 23.2 Å². The number of anilines is 1. The minimum absolute atomic E-state index is 0.0411.